The molecular formula is C11H14ClN3S. The minimum atomic E-state index is 0.629. The lowest BCUT2D eigenvalue weighted by molar-refractivity contribution is 0.605. The quantitative estimate of drug-likeness (QED) is 0.663. The van der Waals surface area contributed by atoms with Gasteiger partial charge in [0.1, 0.15) is 0 Å². The van der Waals surface area contributed by atoms with E-state index in [-0.39, 0.29) is 0 Å². The number of aromatic nitrogens is 3. The van der Waals surface area contributed by atoms with Crippen LogP contribution in [0.25, 0.3) is 11.2 Å². The molecule has 0 aliphatic carbocycles. The lowest BCUT2D eigenvalue weighted by Gasteiger charge is -2.02. The highest BCUT2D eigenvalue weighted by molar-refractivity contribution is 7.71. The second kappa shape index (κ2) is 4.97. The summed E-state index contributed by atoms with van der Waals surface area (Å²) in [5, 5.41) is 0.629. The average Bonchev–Trinajstić information content (AvgIpc) is 2.55. The van der Waals surface area contributed by atoms with Gasteiger partial charge in [0.15, 0.2) is 10.4 Å². The third-order valence-corrected chi connectivity index (χ3v) is 3.09. The summed E-state index contributed by atoms with van der Waals surface area (Å²) in [7, 11) is 0. The fraction of sp³-hybridized carbons (Fsp3) is 0.455. The fourth-order valence-corrected chi connectivity index (χ4v) is 2.19. The SMILES string of the molecule is CCCCCn1c(=S)[nH]c2cc(Cl)cnc21. The highest BCUT2D eigenvalue weighted by Gasteiger charge is 2.05. The van der Waals surface area contributed by atoms with E-state index in [2.05, 4.69) is 16.9 Å². The lowest BCUT2D eigenvalue weighted by atomic mass is 10.2. The van der Waals surface area contributed by atoms with E-state index in [1.54, 1.807) is 6.20 Å². The first-order valence-corrected chi connectivity index (χ1v) is 6.25. The van der Waals surface area contributed by atoms with Crippen molar-refractivity contribution in [3.8, 4) is 0 Å². The maximum atomic E-state index is 5.88. The summed E-state index contributed by atoms with van der Waals surface area (Å²) in [5.74, 6) is 0. The fourth-order valence-electron chi connectivity index (χ4n) is 1.75. The Morgan fingerprint density at radius 1 is 1.50 bits per heavy atom. The van der Waals surface area contributed by atoms with Gasteiger partial charge in [-0.15, -0.1) is 0 Å². The van der Waals surface area contributed by atoms with Crippen molar-refractivity contribution in [3.05, 3.63) is 22.1 Å². The Kier molecular flexibility index (Phi) is 3.61. The van der Waals surface area contributed by atoms with Crippen molar-refractivity contribution in [1.82, 2.24) is 14.5 Å². The molecule has 1 N–H and O–H groups in total. The summed E-state index contributed by atoms with van der Waals surface area (Å²) in [5.41, 5.74) is 1.81. The van der Waals surface area contributed by atoms with Gasteiger partial charge >= 0.3 is 0 Å². The number of rotatable bonds is 4. The van der Waals surface area contributed by atoms with E-state index >= 15 is 0 Å². The van der Waals surface area contributed by atoms with Gasteiger partial charge in [-0.25, -0.2) is 4.98 Å². The number of fused-ring (bicyclic) bond motifs is 1. The van der Waals surface area contributed by atoms with Crippen molar-refractivity contribution in [2.45, 2.75) is 32.7 Å². The van der Waals surface area contributed by atoms with Gasteiger partial charge in [-0.2, -0.15) is 0 Å². The highest BCUT2D eigenvalue weighted by Crippen LogP contribution is 2.16. The Morgan fingerprint density at radius 3 is 3.06 bits per heavy atom. The van der Waals surface area contributed by atoms with Crippen LogP contribution >= 0.6 is 23.8 Å². The molecule has 0 spiro atoms. The van der Waals surface area contributed by atoms with Gasteiger partial charge in [0.05, 0.1) is 10.5 Å². The van der Waals surface area contributed by atoms with Crippen LogP contribution in [-0.2, 0) is 6.54 Å². The smallest absolute Gasteiger partial charge is 0.179 e. The van der Waals surface area contributed by atoms with E-state index in [0.29, 0.717) is 5.02 Å². The van der Waals surface area contributed by atoms with Crippen LogP contribution in [0.3, 0.4) is 0 Å². The number of pyridine rings is 1. The molecule has 16 heavy (non-hydrogen) atoms. The number of hydrogen-bond acceptors (Lipinski definition) is 2. The van der Waals surface area contributed by atoms with Crippen molar-refractivity contribution in [2.75, 3.05) is 0 Å². The number of nitrogens with zero attached hydrogens (tertiary/aromatic N) is 2. The zero-order valence-electron chi connectivity index (χ0n) is 9.16. The van der Waals surface area contributed by atoms with Gasteiger partial charge < -0.3 is 9.55 Å². The van der Waals surface area contributed by atoms with Crippen LogP contribution < -0.4 is 0 Å². The van der Waals surface area contributed by atoms with Crippen LogP contribution in [0.1, 0.15) is 26.2 Å². The molecule has 2 rings (SSSR count). The summed E-state index contributed by atoms with van der Waals surface area (Å²) < 4.78 is 2.76. The summed E-state index contributed by atoms with van der Waals surface area (Å²) in [4.78, 5) is 7.44. The van der Waals surface area contributed by atoms with Crippen LogP contribution in [0.4, 0.5) is 0 Å². The summed E-state index contributed by atoms with van der Waals surface area (Å²) in [6, 6.07) is 1.86. The summed E-state index contributed by atoms with van der Waals surface area (Å²) in [6.07, 6.45) is 5.20. The van der Waals surface area contributed by atoms with E-state index in [1.807, 2.05) is 10.6 Å². The minimum absolute atomic E-state index is 0.629. The number of aryl methyl sites for hydroxylation is 1. The molecule has 0 aliphatic rings. The summed E-state index contributed by atoms with van der Waals surface area (Å²) in [6.45, 7) is 3.10. The molecule has 2 aromatic heterocycles. The van der Waals surface area contributed by atoms with Gasteiger partial charge in [0.25, 0.3) is 0 Å². The monoisotopic (exact) mass is 255 g/mol. The predicted molar refractivity (Wildman–Crippen MR) is 69.5 cm³/mol. The van der Waals surface area contributed by atoms with Crippen LogP contribution in [0, 0.1) is 4.77 Å². The Morgan fingerprint density at radius 2 is 2.31 bits per heavy atom. The van der Waals surface area contributed by atoms with Gasteiger partial charge in [0, 0.05) is 12.7 Å². The standard InChI is InChI=1S/C11H14ClN3S/c1-2-3-4-5-15-10-9(14-11(15)16)6-8(12)7-13-10/h6-7H,2-5H2,1H3,(H,14,16). The highest BCUT2D eigenvalue weighted by atomic mass is 35.5. The van der Waals surface area contributed by atoms with Crippen LogP contribution in [0.2, 0.25) is 5.02 Å². The number of halogens is 1. The Labute approximate surface area is 104 Å². The number of nitrogens with one attached hydrogen (secondary N) is 1. The van der Waals surface area contributed by atoms with Crippen molar-refractivity contribution in [2.24, 2.45) is 0 Å². The molecule has 0 fully saturated rings. The molecule has 0 bridgehead atoms. The predicted octanol–water partition coefficient (Wildman–Crippen LogP) is 3.94. The zero-order valence-corrected chi connectivity index (χ0v) is 10.7. The molecule has 0 saturated heterocycles. The normalized spacial score (nSPS) is 11.1. The first kappa shape index (κ1) is 11.6. The Balaban J connectivity index is 2.36. The molecule has 0 amide bonds. The molecule has 0 radical (unpaired) electrons. The van der Waals surface area contributed by atoms with E-state index in [4.69, 9.17) is 23.8 Å². The minimum Gasteiger partial charge on any atom is -0.329 e. The van der Waals surface area contributed by atoms with Crippen LogP contribution in [0.5, 0.6) is 0 Å². The van der Waals surface area contributed by atoms with Crippen LogP contribution in [-0.4, -0.2) is 14.5 Å². The third kappa shape index (κ3) is 2.28. The molecule has 86 valence electrons. The molecular weight excluding hydrogens is 242 g/mol. The average molecular weight is 256 g/mol. The molecule has 0 saturated carbocycles. The van der Waals surface area contributed by atoms with E-state index in [1.165, 1.54) is 12.8 Å². The van der Waals surface area contributed by atoms with Crippen LogP contribution in [0.15, 0.2) is 12.3 Å². The largest absolute Gasteiger partial charge is 0.329 e. The van der Waals surface area contributed by atoms with Gasteiger partial charge in [-0.3, -0.25) is 0 Å². The van der Waals surface area contributed by atoms with Crippen molar-refractivity contribution in [3.63, 3.8) is 0 Å². The van der Waals surface area contributed by atoms with Gasteiger partial charge in [-0.1, -0.05) is 31.4 Å². The molecule has 0 aromatic carbocycles. The molecule has 0 unspecified atom stereocenters. The van der Waals surface area contributed by atoms with Gasteiger partial charge in [-0.05, 0) is 24.7 Å². The third-order valence-electron chi connectivity index (χ3n) is 2.56. The van der Waals surface area contributed by atoms with Gasteiger partial charge in [0.2, 0.25) is 0 Å². The lowest BCUT2D eigenvalue weighted by Crippen LogP contribution is -1.98. The number of imidazole rings is 1. The van der Waals surface area contributed by atoms with Crippen molar-refractivity contribution < 1.29 is 0 Å². The molecule has 0 aliphatic heterocycles. The van der Waals surface area contributed by atoms with E-state index in [9.17, 15) is 0 Å². The summed E-state index contributed by atoms with van der Waals surface area (Å²) >= 11 is 11.2. The second-order valence-electron chi connectivity index (χ2n) is 3.81. The maximum Gasteiger partial charge on any atom is 0.179 e. The number of hydrogen-bond donors (Lipinski definition) is 1. The van der Waals surface area contributed by atoms with Crippen molar-refractivity contribution >= 4 is 35.0 Å². The van der Waals surface area contributed by atoms with E-state index in [0.717, 1.165) is 28.9 Å². The zero-order chi connectivity index (χ0) is 11.5. The molecule has 3 nitrogen and oxygen atoms in total. The first-order valence-electron chi connectivity index (χ1n) is 5.46. The number of H-pyrrole nitrogens is 1. The topological polar surface area (TPSA) is 33.6 Å². The number of aromatic amines is 1. The van der Waals surface area contributed by atoms with Crippen molar-refractivity contribution in [1.29, 1.82) is 0 Å². The maximum absolute atomic E-state index is 5.88. The Hall–Kier alpha value is -0.870. The number of unbranched alkanes of at least 4 members (excludes halogenated alkanes) is 2. The second-order valence-corrected chi connectivity index (χ2v) is 4.64. The van der Waals surface area contributed by atoms with E-state index < -0.39 is 0 Å². The molecule has 0 atom stereocenters. The molecule has 2 heterocycles. The first-order chi connectivity index (χ1) is 7.72. The Bertz CT molecular complexity index is 544. The molecule has 2 aromatic rings. The molecule has 5 heteroatoms.